The van der Waals surface area contributed by atoms with E-state index in [4.69, 9.17) is 20.2 Å². The van der Waals surface area contributed by atoms with Gasteiger partial charge in [0.1, 0.15) is 0 Å². The first kappa shape index (κ1) is 60.1. The van der Waals surface area contributed by atoms with Gasteiger partial charge < -0.3 is 9.47 Å². The smallest absolute Gasteiger partial charge is 0.382 e. The van der Waals surface area contributed by atoms with Gasteiger partial charge in [0.15, 0.2) is 22.2 Å². The number of hydroxylamine groups is 2. The summed E-state index contributed by atoms with van der Waals surface area (Å²) in [6, 6.07) is 8.31. The molecule has 0 aliphatic rings. The van der Waals surface area contributed by atoms with E-state index in [1.54, 1.807) is 17.0 Å². The molecule has 4 N–H and O–H groups in total. The van der Waals surface area contributed by atoms with Crippen LogP contribution in [-0.4, -0.2) is 87.2 Å². The van der Waals surface area contributed by atoms with Gasteiger partial charge in [-0.2, -0.15) is 47.3 Å². The highest BCUT2D eigenvalue weighted by molar-refractivity contribution is 7.84. The molecular formula is C32H45ClF4N10O12S4. The van der Waals surface area contributed by atoms with Crippen molar-refractivity contribution in [2.75, 3.05) is 39.1 Å². The number of urea groups is 2. The number of nitrogens with one attached hydrogen (secondary N) is 4. The van der Waals surface area contributed by atoms with Crippen LogP contribution in [-0.2, 0) is 66.6 Å². The molecule has 0 saturated heterocycles. The summed E-state index contributed by atoms with van der Waals surface area (Å²) in [6.07, 6.45) is -3.03. The number of aromatic nitrogens is 6. The first-order chi connectivity index (χ1) is 29.0. The van der Waals surface area contributed by atoms with Crippen LogP contribution >= 0.6 is 11.6 Å². The fourth-order valence-electron chi connectivity index (χ4n) is 3.37. The van der Waals surface area contributed by atoms with Crippen LogP contribution in [0, 0.1) is 0 Å². The Hall–Kier alpha value is -4.95. The molecule has 4 atom stereocenters. The van der Waals surface area contributed by atoms with Gasteiger partial charge >= 0.3 is 29.5 Å². The molecule has 0 fully saturated rings. The zero-order valence-corrected chi connectivity index (χ0v) is 36.8. The van der Waals surface area contributed by atoms with Crippen molar-refractivity contribution >= 4 is 79.9 Å². The van der Waals surface area contributed by atoms with Crippen LogP contribution in [0.1, 0.15) is 60.6 Å². The molecule has 22 nitrogen and oxygen atoms in total. The summed E-state index contributed by atoms with van der Waals surface area (Å²) in [5.74, 6) is -3.26. The topological polar surface area (TPSA) is 283 Å². The van der Waals surface area contributed by atoms with E-state index in [1.165, 1.54) is 56.7 Å². The minimum Gasteiger partial charge on any atom is -0.467 e. The number of carbonyl (C=O) groups is 2. The van der Waals surface area contributed by atoms with E-state index in [0.717, 1.165) is 14.2 Å². The van der Waals surface area contributed by atoms with E-state index in [1.807, 2.05) is 38.3 Å². The number of nitrogens with zero attached hydrogens (tertiary/aromatic N) is 6. The van der Waals surface area contributed by atoms with Gasteiger partial charge in [0.2, 0.25) is 45.7 Å². The second-order valence-electron chi connectivity index (χ2n) is 9.22. The van der Waals surface area contributed by atoms with Gasteiger partial charge in [0, 0.05) is 0 Å². The summed E-state index contributed by atoms with van der Waals surface area (Å²) in [5, 5.41) is 0.0111. The molecule has 4 aromatic rings. The molecule has 2 heterocycles. The average Bonchev–Trinajstić information content (AvgIpc) is 3.27. The SMILES string of the molecule is C.C.CC.CC.COc1nc(NC(=O)NOS(=O)c2ccccc2S(=O)OC)nc(C(F)(F)Cl)n1.COc1nc(NC(=O)NOS(=O)c2ccccc2S(=O)OC)nc(C(F)F)n1. The quantitative estimate of drug-likeness (QED) is 0.0552. The highest BCUT2D eigenvalue weighted by Crippen LogP contribution is 2.30. The van der Waals surface area contributed by atoms with Crippen LogP contribution < -0.4 is 31.1 Å². The Morgan fingerprint density at radius 3 is 1.29 bits per heavy atom. The van der Waals surface area contributed by atoms with E-state index >= 15 is 0 Å². The monoisotopic (exact) mass is 1000 g/mol. The molecule has 0 radical (unpaired) electrons. The Labute approximate surface area is 374 Å². The largest absolute Gasteiger partial charge is 0.467 e. The number of alkyl halides is 5. The molecule has 63 heavy (non-hydrogen) atoms. The molecule has 0 aliphatic heterocycles. The van der Waals surface area contributed by atoms with Crippen LogP contribution in [0.25, 0.3) is 0 Å². The van der Waals surface area contributed by atoms with E-state index in [-0.39, 0.29) is 34.4 Å². The predicted octanol–water partition coefficient (Wildman–Crippen LogP) is 6.20. The fraction of sp³-hybridized carbons (Fsp3) is 0.375. The first-order valence-electron chi connectivity index (χ1n) is 16.4. The predicted molar refractivity (Wildman–Crippen MR) is 223 cm³/mol. The first-order valence-corrected chi connectivity index (χ1v) is 21.1. The lowest BCUT2D eigenvalue weighted by Gasteiger charge is -2.11. The number of methoxy groups -OCH3 is 2. The lowest BCUT2D eigenvalue weighted by molar-refractivity contribution is 0.0832. The lowest BCUT2D eigenvalue weighted by atomic mass is 10.4. The number of ether oxygens (including phenoxy) is 2. The van der Waals surface area contributed by atoms with Gasteiger partial charge in [0.05, 0.1) is 48.0 Å². The Balaban J connectivity index is 0. The lowest BCUT2D eigenvalue weighted by Crippen LogP contribution is -2.31. The third kappa shape index (κ3) is 20.0. The number of benzene rings is 2. The summed E-state index contributed by atoms with van der Waals surface area (Å²) < 4.78 is 128. The van der Waals surface area contributed by atoms with E-state index in [9.17, 15) is 44.0 Å². The van der Waals surface area contributed by atoms with Crippen molar-refractivity contribution in [2.45, 2.75) is 73.9 Å². The van der Waals surface area contributed by atoms with E-state index < -0.39 is 104 Å². The molecule has 354 valence electrons. The summed E-state index contributed by atoms with van der Waals surface area (Å²) in [7, 11) is 4.62. The minimum atomic E-state index is -3.94. The van der Waals surface area contributed by atoms with Crippen LogP contribution in [0.4, 0.5) is 39.0 Å². The molecule has 4 unspecified atom stereocenters. The second-order valence-corrected chi connectivity index (χ2v) is 14.3. The van der Waals surface area contributed by atoms with Crippen LogP contribution in [0.3, 0.4) is 0 Å². The van der Waals surface area contributed by atoms with Crippen molar-refractivity contribution in [1.29, 1.82) is 0 Å². The summed E-state index contributed by atoms with van der Waals surface area (Å²) in [5.41, 5.74) is 3.54. The van der Waals surface area contributed by atoms with E-state index in [2.05, 4.69) is 47.7 Å². The zero-order chi connectivity index (χ0) is 46.3. The molecule has 2 aromatic carbocycles. The minimum absolute atomic E-state index is 0. The Bertz CT molecular complexity index is 2150. The highest BCUT2D eigenvalue weighted by Gasteiger charge is 2.34. The van der Waals surface area contributed by atoms with Gasteiger partial charge in [-0.3, -0.25) is 19.0 Å². The molecule has 4 amide bonds. The molecule has 0 bridgehead atoms. The maximum absolute atomic E-state index is 13.2. The summed E-state index contributed by atoms with van der Waals surface area (Å²) in [6.45, 7) is 8.00. The summed E-state index contributed by atoms with van der Waals surface area (Å²) in [4.78, 5) is 44.1. The maximum atomic E-state index is 13.2. The van der Waals surface area contributed by atoms with E-state index in [0.29, 0.717) is 0 Å². The van der Waals surface area contributed by atoms with Crippen LogP contribution in [0.15, 0.2) is 68.1 Å². The number of carbonyl (C=O) groups excluding carboxylic acids is 2. The molecule has 4 rings (SSSR count). The standard InChI is InChI=1S/C13H12ClF2N5O6S2.C13H13F2N5O6S2.2C2H6.2CH4/c1-25-12-18-9(13(14,15)16)17-10(20-12)19-11(22)21-27-29(24)8-6-4-3-5-7(8)28(23)26-2;1-24-13-17-10(9(14)15)16-11(19-13)18-12(21)20-26-28(23)8-6-4-3-5-7(8)27(22)25-2;2*1-2;;/h3-6H,1-2H3,(H2,17,18,19,20,21,22);3-6,9H,1-2H3,(H2,16,17,18,19,20,21);2*1-2H3;2*1H4. The second kappa shape index (κ2) is 31.0. The molecule has 31 heteroatoms. The normalized spacial score (nSPS) is 12.2. The number of hydrogen-bond acceptors (Lipinski definition) is 18. The number of rotatable bonds is 16. The molecule has 0 saturated carbocycles. The van der Waals surface area contributed by atoms with Crippen molar-refractivity contribution in [3.05, 3.63) is 60.2 Å². The molecule has 0 spiro atoms. The Kier molecular flexibility index (Phi) is 29.6. The summed E-state index contributed by atoms with van der Waals surface area (Å²) >= 11 is -3.49. The number of amides is 4. The molecular weight excluding hydrogens is 956 g/mol. The molecule has 2 aromatic heterocycles. The van der Waals surface area contributed by atoms with Gasteiger partial charge in [-0.25, -0.2) is 46.2 Å². The average molecular weight is 1000 g/mol. The van der Waals surface area contributed by atoms with Crippen molar-refractivity contribution in [3.63, 3.8) is 0 Å². The third-order valence-corrected chi connectivity index (χ3v) is 10.0. The van der Waals surface area contributed by atoms with Crippen molar-refractivity contribution in [3.8, 4) is 12.0 Å². The van der Waals surface area contributed by atoms with Crippen LogP contribution in [0.5, 0.6) is 12.0 Å². The maximum Gasteiger partial charge on any atom is 0.382 e. The third-order valence-electron chi connectivity index (χ3n) is 5.65. The van der Waals surface area contributed by atoms with Gasteiger partial charge in [0.25, 0.3) is 6.43 Å². The van der Waals surface area contributed by atoms with Crippen LogP contribution in [0.2, 0.25) is 0 Å². The van der Waals surface area contributed by atoms with Crippen molar-refractivity contribution in [2.24, 2.45) is 0 Å². The fourth-order valence-corrected chi connectivity index (χ4v) is 6.80. The Morgan fingerprint density at radius 2 is 0.952 bits per heavy atom. The van der Waals surface area contributed by atoms with Crippen molar-refractivity contribution in [1.82, 2.24) is 40.9 Å². The van der Waals surface area contributed by atoms with Gasteiger partial charge in [-0.1, -0.05) is 66.8 Å². The highest BCUT2D eigenvalue weighted by atomic mass is 35.5. The van der Waals surface area contributed by atoms with Gasteiger partial charge in [-0.05, 0) is 35.9 Å². The number of halogens is 5. The Morgan fingerprint density at radius 1 is 0.603 bits per heavy atom. The number of hydrogen-bond donors (Lipinski definition) is 4. The van der Waals surface area contributed by atoms with Gasteiger partial charge in [-0.15, -0.1) is 0 Å². The zero-order valence-electron chi connectivity index (χ0n) is 32.8. The molecule has 0 aliphatic carbocycles. The number of anilines is 2. The van der Waals surface area contributed by atoms with Crippen molar-refractivity contribution < 1.29 is 70.4 Å².